The van der Waals surface area contributed by atoms with E-state index < -0.39 is 0 Å². The molecule has 0 radical (unpaired) electrons. The fourth-order valence-corrected chi connectivity index (χ4v) is 3.82. The molecule has 3 nitrogen and oxygen atoms in total. The Balaban J connectivity index is 1.82. The van der Waals surface area contributed by atoms with Crippen molar-refractivity contribution >= 4 is 0 Å². The standard InChI is InChI=1S/C16H23FN2O/c1-20-12-7-8-19(11(9-12)10-18)16-6-5-13-14(16)3-2-4-15(13)17/h2-4,11-12,16H,5-10,18H2,1H3. The fourth-order valence-electron chi connectivity index (χ4n) is 3.82. The third-order valence-corrected chi connectivity index (χ3v) is 4.90. The molecule has 3 unspecified atom stereocenters. The summed E-state index contributed by atoms with van der Waals surface area (Å²) in [5.74, 6) is -0.0546. The van der Waals surface area contributed by atoms with Crippen molar-refractivity contribution in [2.75, 3.05) is 20.2 Å². The third-order valence-electron chi connectivity index (χ3n) is 4.90. The molecule has 4 heteroatoms. The van der Waals surface area contributed by atoms with Crippen molar-refractivity contribution in [3.8, 4) is 0 Å². The number of ether oxygens (including phenoxy) is 1. The van der Waals surface area contributed by atoms with Gasteiger partial charge < -0.3 is 10.5 Å². The molecule has 20 heavy (non-hydrogen) atoms. The first-order chi connectivity index (χ1) is 9.74. The van der Waals surface area contributed by atoms with Crippen molar-refractivity contribution in [3.63, 3.8) is 0 Å². The zero-order chi connectivity index (χ0) is 14.1. The average molecular weight is 278 g/mol. The lowest BCUT2D eigenvalue weighted by Crippen LogP contribution is -2.49. The van der Waals surface area contributed by atoms with Gasteiger partial charge in [0.25, 0.3) is 0 Å². The lowest BCUT2D eigenvalue weighted by atomic mass is 9.95. The topological polar surface area (TPSA) is 38.5 Å². The molecule has 0 bridgehead atoms. The Labute approximate surface area is 119 Å². The Morgan fingerprint density at radius 2 is 2.25 bits per heavy atom. The second-order valence-electron chi connectivity index (χ2n) is 5.87. The zero-order valence-electron chi connectivity index (χ0n) is 12.0. The van der Waals surface area contributed by atoms with E-state index in [-0.39, 0.29) is 5.82 Å². The first kappa shape index (κ1) is 14.0. The van der Waals surface area contributed by atoms with Gasteiger partial charge in [-0.1, -0.05) is 12.1 Å². The highest BCUT2D eigenvalue weighted by molar-refractivity contribution is 5.36. The molecule has 1 aromatic carbocycles. The maximum Gasteiger partial charge on any atom is 0.126 e. The van der Waals surface area contributed by atoms with Gasteiger partial charge in [0.05, 0.1) is 6.10 Å². The molecule has 0 amide bonds. The molecule has 110 valence electrons. The van der Waals surface area contributed by atoms with Crippen molar-refractivity contribution in [1.82, 2.24) is 4.90 Å². The zero-order valence-corrected chi connectivity index (χ0v) is 12.0. The molecular weight excluding hydrogens is 255 g/mol. The van der Waals surface area contributed by atoms with Crippen molar-refractivity contribution < 1.29 is 9.13 Å². The van der Waals surface area contributed by atoms with Crippen molar-refractivity contribution in [2.24, 2.45) is 5.73 Å². The van der Waals surface area contributed by atoms with Gasteiger partial charge >= 0.3 is 0 Å². The van der Waals surface area contributed by atoms with Crippen LogP contribution in [0.25, 0.3) is 0 Å². The molecule has 1 fully saturated rings. The number of fused-ring (bicyclic) bond motifs is 1. The van der Waals surface area contributed by atoms with Gasteiger partial charge in [-0.2, -0.15) is 0 Å². The molecule has 3 rings (SSSR count). The monoisotopic (exact) mass is 278 g/mol. The summed E-state index contributed by atoms with van der Waals surface area (Å²) in [4.78, 5) is 2.47. The predicted molar refractivity (Wildman–Crippen MR) is 77.0 cm³/mol. The van der Waals surface area contributed by atoms with E-state index in [1.54, 1.807) is 13.2 Å². The quantitative estimate of drug-likeness (QED) is 0.921. The molecule has 1 saturated heterocycles. The van der Waals surface area contributed by atoms with Gasteiger partial charge in [0.1, 0.15) is 5.82 Å². The van der Waals surface area contributed by atoms with E-state index >= 15 is 0 Å². The second kappa shape index (κ2) is 5.80. The van der Waals surface area contributed by atoms with Crippen molar-refractivity contribution in [3.05, 3.63) is 35.1 Å². The first-order valence-electron chi connectivity index (χ1n) is 7.50. The Morgan fingerprint density at radius 3 is 3.00 bits per heavy atom. The Hall–Kier alpha value is -0.970. The van der Waals surface area contributed by atoms with Crippen LogP contribution in [0.2, 0.25) is 0 Å². The summed E-state index contributed by atoms with van der Waals surface area (Å²) in [6.45, 7) is 1.63. The van der Waals surface area contributed by atoms with Crippen LogP contribution in [0.3, 0.4) is 0 Å². The summed E-state index contributed by atoms with van der Waals surface area (Å²) < 4.78 is 19.3. The predicted octanol–water partition coefficient (Wildman–Crippen LogP) is 2.25. The molecule has 0 aromatic heterocycles. The Bertz CT molecular complexity index is 480. The lowest BCUT2D eigenvalue weighted by molar-refractivity contribution is -0.00451. The van der Waals surface area contributed by atoms with Gasteiger partial charge in [-0.25, -0.2) is 4.39 Å². The molecule has 1 heterocycles. The van der Waals surface area contributed by atoms with Crippen LogP contribution in [-0.4, -0.2) is 37.2 Å². The Morgan fingerprint density at radius 1 is 1.40 bits per heavy atom. The van der Waals surface area contributed by atoms with Gasteiger partial charge in [-0.3, -0.25) is 4.90 Å². The number of nitrogens with zero attached hydrogens (tertiary/aromatic N) is 1. The maximum atomic E-state index is 13.9. The molecule has 0 spiro atoms. The SMILES string of the molecule is COC1CCN(C2CCc3c(F)cccc32)C(CN)C1. The van der Waals surface area contributed by atoms with E-state index in [1.165, 1.54) is 5.56 Å². The number of hydrogen-bond donors (Lipinski definition) is 1. The van der Waals surface area contributed by atoms with Crippen molar-refractivity contribution in [1.29, 1.82) is 0 Å². The highest BCUT2D eigenvalue weighted by atomic mass is 19.1. The molecule has 1 aliphatic carbocycles. The van der Waals surface area contributed by atoms with Crippen LogP contribution in [0, 0.1) is 5.82 Å². The molecule has 2 N–H and O–H groups in total. The van der Waals surface area contributed by atoms with E-state index in [1.807, 2.05) is 6.07 Å². The second-order valence-corrected chi connectivity index (χ2v) is 5.87. The van der Waals surface area contributed by atoms with Crippen LogP contribution in [0.15, 0.2) is 18.2 Å². The molecule has 0 saturated carbocycles. The molecule has 2 aliphatic rings. The van der Waals surface area contributed by atoms with Gasteiger partial charge in [0.15, 0.2) is 0 Å². The number of piperidine rings is 1. The highest BCUT2D eigenvalue weighted by Crippen LogP contribution is 2.39. The number of halogens is 1. The summed E-state index contributed by atoms with van der Waals surface area (Å²) in [6, 6.07) is 6.14. The minimum atomic E-state index is -0.0546. The van der Waals surface area contributed by atoms with E-state index in [2.05, 4.69) is 11.0 Å². The maximum absolute atomic E-state index is 13.9. The molecule has 1 aliphatic heterocycles. The summed E-state index contributed by atoms with van der Waals surface area (Å²) in [6.07, 6.45) is 4.18. The number of nitrogens with two attached hydrogens (primary N) is 1. The minimum Gasteiger partial charge on any atom is -0.381 e. The number of likely N-dealkylation sites (tertiary alicyclic amines) is 1. The fraction of sp³-hybridized carbons (Fsp3) is 0.625. The van der Waals surface area contributed by atoms with Crippen LogP contribution < -0.4 is 5.73 Å². The van der Waals surface area contributed by atoms with Crippen LogP contribution in [0.1, 0.15) is 36.4 Å². The van der Waals surface area contributed by atoms with Crippen molar-refractivity contribution in [2.45, 2.75) is 43.9 Å². The summed E-state index contributed by atoms with van der Waals surface area (Å²) in [5.41, 5.74) is 8.03. The molecule has 3 atom stereocenters. The van der Waals surface area contributed by atoms with E-state index in [0.717, 1.165) is 37.8 Å². The smallest absolute Gasteiger partial charge is 0.126 e. The number of rotatable bonds is 3. The summed E-state index contributed by atoms with van der Waals surface area (Å²) in [5, 5.41) is 0. The van der Waals surface area contributed by atoms with Crippen LogP contribution >= 0.6 is 0 Å². The third kappa shape index (κ3) is 2.36. The van der Waals surface area contributed by atoms with E-state index in [0.29, 0.717) is 24.7 Å². The average Bonchev–Trinajstić information content (AvgIpc) is 2.91. The first-order valence-corrected chi connectivity index (χ1v) is 7.50. The van der Waals surface area contributed by atoms with Gasteiger partial charge in [0.2, 0.25) is 0 Å². The largest absolute Gasteiger partial charge is 0.381 e. The van der Waals surface area contributed by atoms with E-state index in [9.17, 15) is 4.39 Å². The van der Waals surface area contributed by atoms with Crippen LogP contribution in [0.4, 0.5) is 4.39 Å². The number of hydrogen-bond acceptors (Lipinski definition) is 3. The normalized spacial score (nSPS) is 30.4. The van der Waals surface area contributed by atoms with Gasteiger partial charge in [0, 0.05) is 32.3 Å². The number of benzene rings is 1. The van der Waals surface area contributed by atoms with Gasteiger partial charge in [-0.05, 0) is 42.9 Å². The minimum absolute atomic E-state index is 0.0546. The lowest BCUT2D eigenvalue weighted by Gasteiger charge is -2.42. The van der Waals surface area contributed by atoms with Gasteiger partial charge in [-0.15, -0.1) is 0 Å². The Kier molecular flexibility index (Phi) is 4.06. The highest BCUT2D eigenvalue weighted by Gasteiger charge is 2.36. The van der Waals surface area contributed by atoms with Crippen LogP contribution in [-0.2, 0) is 11.2 Å². The molecule has 1 aromatic rings. The molecular formula is C16H23FN2O. The van der Waals surface area contributed by atoms with E-state index in [4.69, 9.17) is 10.5 Å². The van der Waals surface area contributed by atoms with Crippen LogP contribution in [0.5, 0.6) is 0 Å². The summed E-state index contributed by atoms with van der Waals surface area (Å²) >= 11 is 0. The summed E-state index contributed by atoms with van der Waals surface area (Å²) in [7, 11) is 1.77. The number of methoxy groups -OCH3 is 1.